The van der Waals surface area contributed by atoms with E-state index < -0.39 is 0 Å². The third kappa shape index (κ3) is 3.16. The van der Waals surface area contributed by atoms with Crippen molar-refractivity contribution in [3.8, 4) is 0 Å². The first-order valence-electron chi connectivity index (χ1n) is 9.36. The lowest BCUT2D eigenvalue weighted by molar-refractivity contribution is 0.185. The Kier molecular flexibility index (Phi) is 4.73. The second kappa shape index (κ2) is 7.14. The number of nitrogens with zero attached hydrogens (tertiary/aromatic N) is 3. The number of hydrogen-bond donors (Lipinski definition) is 0. The molecular formula is C21H27N3O. The van der Waals surface area contributed by atoms with Crippen molar-refractivity contribution in [3.63, 3.8) is 0 Å². The predicted molar refractivity (Wildman–Crippen MR) is 103 cm³/mol. The van der Waals surface area contributed by atoms with Crippen LogP contribution < -0.4 is 0 Å². The van der Waals surface area contributed by atoms with Crippen LogP contribution in [0.1, 0.15) is 37.8 Å². The van der Waals surface area contributed by atoms with Crippen LogP contribution in [0, 0.1) is 0 Å². The van der Waals surface area contributed by atoms with Crippen molar-refractivity contribution in [2.75, 3.05) is 26.7 Å². The summed E-state index contributed by atoms with van der Waals surface area (Å²) in [6.45, 7) is 6.55. The molecule has 1 atom stereocenters. The van der Waals surface area contributed by atoms with Crippen molar-refractivity contribution in [2.24, 2.45) is 0 Å². The number of likely N-dealkylation sites (tertiary alicyclic amines) is 1. The maximum Gasteiger partial charge on any atom is 0.0713 e. The highest BCUT2D eigenvalue weighted by atomic mass is 16.5. The van der Waals surface area contributed by atoms with Crippen LogP contribution in [0.15, 0.2) is 36.7 Å². The summed E-state index contributed by atoms with van der Waals surface area (Å²) in [6, 6.07) is 9.24. The molecule has 4 rings (SSSR count). The predicted octanol–water partition coefficient (Wildman–Crippen LogP) is 4.38. The van der Waals surface area contributed by atoms with Crippen molar-refractivity contribution < 1.29 is 4.74 Å². The average Bonchev–Trinajstić information content (AvgIpc) is 2.96. The number of methoxy groups -OCH3 is 1. The first-order chi connectivity index (χ1) is 12.3. The minimum absolute atomic E-state index is 0.417. The molecule has 25 heavy (non-hydrogen) atoms. The fraction of sp³-hybridized carbons (Fsp3) is 0.476. The number of hydrogen-bond acceptors (Lipinski definition) is 3. The van der Waals surface area contributed by atoms with Gasteiger partial charge in [-0.05, 0) is 50.6 Å². The Bertz CT molecular complexity index is 864. The van der Waals surface area contributed by atoms with Crippen molar-refractivity contribution in [3.05, 3.63) is 42.2 Å². The summed E-state index contributed by atoms with van der Waals surface area (Å²) in [7, 11) is 1.75. The minimum atomic E-state index is 0.417. The molecule has 0 bridgehead atoms. The zero-order valence-electron chi connectivity index (χ0n) is 15.2. The summed E-state index contributed by atoms with van der Waals surface area (Å²) in [5, 5.41) is 2.60. The molecule has 4 heteroatoms. The maximum absolute atomic E-state index is 5.34. The summed E-state index contributed by atoms with van der Waals surface area (Å²) >= 11 is 0. The standard InChI is InChI=1S/C21H27N3O/c1-16(14-23-10-4-3-5-11-23)24-20-12-17(15-25-2)6-7-18(20)19-8-9-22-13-21(19)24/h6-9,12-13,16H,3-5,10-11,14-15H2,1-2H3. The van der Waals surface area contributed by atoms with Crippen LogP contribution >= 0.6 is 0 Å². The third-order valence-corrected chi connectivity index (χ3v) is 5.39. The highest BCUT2D eigenvalue weighted by Gasteiger charge is 2.19. The summed E-state index contributed by atoms with van der Waals surface area (Å²) in [4.78, 5) is 7.01. The van der Waals surface area contributed by atoms with E-state index in [4.69, 9.17) is 4.74 Å². The zero-order valence-corrected chi connectivity index (χ0v) is 15.2. The highest BCUT2D eigenvalue weighted by molar-refractivity contribution is 6.08. The zero-order chi connectivity index (χ0) is 17.2. The molecule has 132 valence electrons. The molecule has 1 aliphatic heterocycles. The van der Waals surface area contributed by atoms with Gasteiger partial charge in [-0.1, -0.05) is 18.6 Å². The van der Waals surface area contributed by atoms with Gasteiger partial charge in [0.05, 0.1) is 18.3 Å². The van der Waals surface area contributed by atoms with E-state index in [2.05, 4.69) is 45.6 Å². The van der Waals surface area contributed by atoms with Crippen molar-refractivity contribution in [1.29, 1.82) is 0 Å². The van der Waals surface area contributed by atoms with Crippen molar-refractivity contribution >= 4 is 21.8 Å². The number of piperidine rings is 1. The largest absolute Gasteiger partial charge is 0.380 e. The van der Waals surface area contributed by atoms with Crippen LogP contribution in [0.25, 0.3) is 21.8 Å². The molecule has 1 aromatic carbocycles. The van der Waals surface area contributed by atoms with Crippen LogP contribution in [0.5, 0.6) is 0 Å². The summed E-state index contributed by atoms with van der Waals surface area (Å²) < 4.78 is 7.82. The molecule has 0 N–H and O–H groups in total. The summed E-state index contributed by atoms with van der Waals surface area (Å²) in [5.41, 5.74) is 3.75. The molecule has 2 aromatic heterocycles. The Hall–Kier alpha value is -1.91. The average molecular weight is 337 g/mol. The Labute approximate surface area is 149 Å². The molecule has 3 aromatic rings. The molecule has 1 fully saturated rings. The lowest BCUT2D eigenvalue weighted by Gasteiger charge is -2.30. The molecule has 0 saturated carbocycles. The van der Waals surface area contributed by atoms with Gasteiger partial charge in [0.2, 0.25) is 0 Å². The molecule has 0 radical (unpaired) electrons. The molecule has 1 saturated heterocycles. The first-order valence-corrected chi connectivity index (χ1v) is 9.36. The fourth-order valence-corrected chi connectivity index (χ4v) is 4.27. The van der Waals surface area contributed by atoms with Crippen molar-refractivity contribution in [2.45, 2.75) is 38.8 Å². The minimum Gasteiger partial charge on any atom is -0.380 e. The summed E-state index contributed by atoms with van der Waals surface area (Å²) in [6.07, 6.45) is 7.95. The normalized spacial score (nSPS) is 17.4. The molecule has 1 aliphatic rings. The van der Waals surface area contributed by atoms with Crippen LogP contribution in [0.2, 0.25) is 0 Å². The van der Waals surface area contributed by atoms with Crippen LogP contribution in [-0.4, -0.2) is 41.2 Å². The van der Waals surface area contributed by atoms with E-state index in [9.17, 15) is 0 Å². The molecule has 1 unspecified atom stereocenters. The van der Waals surface area contributed by atoms with E-state index >= 15 is 0 Å². The Morgan fingerprint density at radius 1 is 1.08 bits per heavy atom. The SMILES string of the molecule is COCc1ccc2c3ccncc3n(C(C)CN3CCCCC3)c2c1. The number of ether oxygens (including phenoxy) is 1. The number of benzene rings is 1. The third-order valence-electron chi connectivity index (χ3n) is 5.39. The second-order valence-corrected chi connectivity index (χ2v) is 7.26. The molecule has 0 spiro atoms. The van der Waals surface area contributed by atoms with E-state index in [1.165, 1.54) is 59.7 Å². The Morgan fingerprint density at radius 2 is 1.88 bits per heavy atom. The lowest BCUT2D eigenvalue weighted by Crippen LogP contribution is -2.34. The lowest BCUT2D eigenvalue weighted by atomic mass is 10.1. The quantitative estimate of drug-likeness (QED) is 0.692. The van der Waals surface area contributed by atoms with Gasteiger partial charge < -0.3 is 14.2 Å². The Morgan fingerprint density at radius 3 is 2.68 bits per heavy atom. The molecule has 0 aliphatic carbocycles. The van der Waals surface area contributed by atoms with E-state index in [-0.39, 0.29) is 0 Å². The molecule has 4 nitrogen and oxygen atoms in total. The van der Waals surface area contributed by atoms with Crippen molar-refractivity contribution in [1.82, 2.24) is 14.5 Å². The van der Waals surface area contributed by atoms with Gasteiger partial charge in [0.1, 0.15) is 0 Å². The first kappa shape index (κ1) is 16.6. The van der Waals surface area contributed by atoms with Gasteiger partial charge in [-0.2, -0.15) is 0 Å². The Balaban J connectivity index is 1.79. The molecule has 3 heterocycles. The highest BCUT2D eigenvalue weighted by Crippen LogP contribution is 2.32. The number of pyridine rings is 1. The van der Waals surface area contributed by atoms with Gasteiger partial charge in [-0.15, -0.1) is 0 Å². The number of fused-ring (bicyclic) bond motifs is 3. The van der Waals surface area contributed by atoms with Gasteiger partial charge in [0.15, 0.2) is 0 Å². The van der Waals surface area contributed by atoms with Crippen LogP contribution in [0.3, 0.4) is 0 Å². The monoisotopic (exact) mass is 337 g/mol. The van der Waals surface area contributed by atoms with Crippen LogP contribution in [-0.2, 0) is 11.3 Å². The van der Waals surface area contributed by atoms with E-state index in [0.29, 0.717) is 12.6 Å². The fourth-order valence-electron chi connectivity index (χ4n) is 4.27. The van der Waals surface area contributed by atoms with Gasteiger partial charge in [0, 0.05) is 42.2 Å². The summed E-state index contributed by atoms with van der Waals surface area (Å²) in [5.74, 6) is 0. The van der Waals surface area contributed by atoms with Gasteiger partial charge in [-0.3, -0.25) is 4.98 Å². The van der Waals surface area contributed by atoms with E-state index in [1.807, 2.05) is 12.4 Å². The van der Waals surface area contributed by atoms with E-state index in [0.717, 1.165) is 6.54 Å². The molecular weight excluding hydrogens is 310 g/mol. The topological polar surface area (TPSA) is 30.3 Å². The van der Waals surface area contributed by atoms with E-state index in [1.54, 1.807) is 7.11 Å². The van der Waals surface area contributed by atoms with Gasteiger partial charge >= 0.3 is 0 Å². The van der Waals surface area contributed by atoms with Gasteiger partial charge in [0.25, 0.3) is 0 Å². The maximum atomic E-state index is 5.34. The number of rotatable bonds is 5. The van der Waals surface area contributed by atoms with Crippen LogP contribution in [0.4, 0.5) is 0 Å². The number of aromatic nitrogens is 2. The van der Waals surface area contributed by atoms with Gasteiger partial charge in [-0.25, -0.2) is 0 Å². The smallest absolute Gasteiger partial charge is 0.0713 e. The molecule has 0 amide bonds. The second-order valence-electron chi connectivity index (χ2n) is 7.26.